The summed E-state index contributed by atoms with van der Waals surface area (Å²) in [4.78, 5) is 26.1. The Morgan fingerprint density at radius 1 is 0.424 bits per heavy atom. The van der Waals surface area contributed by atoms with Gasteiger partial charge in [-0.3, -0.25) is 0 Å². The van der Waals surface area contributed by atoms with Crippen molar-refractivity contribution in [2.24, 2.45) is 0 Å². The second-order valence-corrected chi connectivity index (χ2v) is 9.59. The summed E-state index contributed by atoms with van der Waals surface area (Å²) in [6.07, 6.45) is 3.43. The molecule has 0 aliphatic rings. The molecule has 0 spiro atoms. The summed E-state index contributed by atoms with van der Waals surface area (Å²) >= 11 is -0.280. The van der Waals surface area contributed by atoms with Gasteiger partial charge in [-0.1, -0.05) is 0 Å². The van der Waals surface area contributed by atoms with E-state index < -0.39 is 0 Å². The molecule has 0 N–H and O–H groups in total. The van der Waals surface area contributed by atoms with Crippen molar-refractivity contribution < 1.29 is 9.59 Å². The van der Waals surface area contributed by atoms with Crippen molar-refractivity contribution in [2.75, 3.05) is 0 Å². The Bertz CT molecular complexity index is 1170. The third-order valence-corrected chi connectivity index (χ3v) is 7.38. The average Bonchev–Trinajstić information content (AvgIpc) is 2.89. The molecule has 0 amide bonds. The van der Waals surface area contributed by atoms with Crippen LogP contribution in [0, 0.1) is 0 Å². The SMILES string of the molecule is O=C(/C=C(\[Se]/C(=C\C(=O)c1ccccc1)c1ccccc1)c1ccccc1)c1ccccc1. The van der Waals surface area contributed by atoms with Crippen LogP contribution in [0.2, 0.25) is 0 Å². The maximum absolute atomic E-state index is 13.0. The molecule has 0 atom stereocenters. The summed E-state index contributed by atoms with van der Waals surface area (Å²) in [6.45, 7) is 0. The van der Waals surface area contributed by atoms with Gasteiger partial charge >= 0.3 is 201 Å². The van der Waals surface area contributed by atoms with Crippen LogP contribution in [0.5, 0.6) is 0 Å². The number of rotatable bonds is 8. The molecule has 4 aromatic rings. The van der Waals surface area contributed by atoms with Gasteiger partial charge in [0.2, 0.25) is 0 Å². The quantitative estimate of drug-likeness (QED) is 0.159. The first-order valence-electron chi connectivity index (χ1n) is 10.6. The predicted octanol–water partition coefficient (Wildman–Crippen LogP) is 6.54. The summed E-state index contributed by atoms with van der Waals surface area (Å²) in [5.41, 5.74) is 3.26. The zero-order chi connectivity index (χ0) is 22.9. The van der Waals surface area contributed by atoms with E-state index in [-0.39, 0.29) is 26.5 Å². The van der Waals surface area contributed by atoms with E-state index in [0.717, 1.165) is 20.1 Å². The molecule has 0 heterocycles. The third kappa shape index (κ3) is 6.14. The summed E-state index contributed by atoms with van der Waals surface area (Å²) in [5.74, 6) is -0.0868. The Kier molecular flexibility index (Phi) is 7.60. The van der Waals surface area contributed by atoms with Crippen LogP contribution in [0.25, 0.3) is 8.94 Å². The first kappa shape index (κ1) is 22.4. The molecule has 0 aromatic heterocycles. The Morgan fingerprint density at radius 3 is 1.00 bits per heavy atom. The van der Waals surface area contributed by atoms with Gasteiger partial charge in [-0.15, -0.1) is 0 Å². The molecule has 0 bridgehead atoms. The van der Waals surface area contributed by atoms with Gasteiger partial charge in [0.25, 0.3) is 0 Å². The molecule has 0 unspecified atom stereocenters. The molecule has 33 heavy (non-hydrogen) atoms. The van der Waals surface area contributed by atoms with E-state index >= 15 is 0 Å². The molecule has 4 rings (SSSR count). The zero-order valence-electron chi connectivity index (χ0n) is 17.9. The standard InChI is InChI=1S/C30H22O2Se/c31-27(23-13-5-1-6-14-23)21-29(25-17-9-3-10-18-25)33-30(26-19-11-4-12-20-26)22-28(32)24-15-7-2-8-16-24/h1-22H/b29-21-,30-22-. The van der Waals surface area contributed by atoms with Crippen molar-refractivity contribution in [1.29, 1.82) is 0 Å². The third-order valence-electron chi connectivity index (χ3n) is 4.98. The number of carbonyl (C=O) groups is 2. The van der Waals surface area contributed by atoms with Gasteiger partial charge in [-0.25, -0.2) is 0 Å². The molecule has 0 fully saturated rings. The topological polar surface area (TPSA) is 34.1 Å². The summed E-state index contributed by atoms with van der Waals surface area (Å²) in [5, 5.41) is 0. The normalized spacial score (nSPS) is 11.8. The monoisotopic (exact) mass is 494 g/mol. The van der Waals surface area contributed by atoms with Gasteiger partial charge in [-0.2, -0.15) is 0 Å². The molecule has 0 saturated carbocycles. The van der Waals surface area contributed by atoms with E-state index in [4.69, 9.17) is 0 Å². The Labute approximate surface area is 200 Å². The van der Waals surface area contributed by atoms with Crippen molar-refractivity contribution in [1.82, 2.24) is 0 Å². The van der Waals surface area contributed by atoms with Gasteiger partial charge in [0.1, 0.15) is 0 Å². The number of hydrogen-bond acceptors (Lipinski definition) is 2. The Morgan fingerprint density at radius 2 is 0.697 bits per heavy atom. The fourth-order valence-electron chi connectivity index (χ4n) is 3.28. The molecule has 160 valence electrons. The van der Waals surface area contributed by atoms with Gasteiger partial charge in [0, 0.05) is 0 Å². The minimum absolute atomic E-state index is 0.0434. The summed E-state index contributed by atoms with van der Waals surface area (Å²) in [6, 6.07) is 38.3. The summed E-state index contributed by atoms with van der Waals surface area (Å²) in [7, 11) is 0. The van der Waals surface area contributed by atoms with E-state index in [1.165, 1.54) is 0 Å². The minimum atomic E-state index is -0.280. The fourth-order valence-corrected chi connectivity index (χ4v) is 5.54. The Balaban J connectivity index is 1.76. The second-order valence-electron chi connectivity index (χ2n) is 7.31. The zero-order valence-corrected chi connectivity index (χ0v) is 19.6. The molecular weight excluding hydrogens is 471 g/mol. The molecule has 0 radical (unpaired) electrons. The number of allylic oxidation sites excluding steroid dienone is 2. The van der Waals surface area contributed by atoms with Crippen molar-refractivity contribution in [3.05, 3.63) is 156 Å². The maximum atomic E-state index is 13.0. The van der Waals surface area contributed by atoms with E-state index in [1.54, 1.807) is 12.2 Å². The van der Waals surface area contributed by atoms with Gasteiger partial charge in [0.15, 0.2) is 0 Å². The van der Waals surface area contributed by atoms with E-state index in [0.29, 0.717) is 11.1 Å². The molecule has 0 saturated heterocycles. The summed E-state index contributed by atoms with van der Waals surface area (Å²) < 4.78 is 1.85. The van der Waals surface area contributed by atoms with E-state index in [2.05, 4.69) is 0 Å². The van der Waals surface area contributed by atoms with Crippen LogP contribution in [-0.4, -0.2) is 26.5 Å². The van der Waals surface area contributed by atoms with Gasteiger partial charge in [0.05, 0.1) is 0 Å². The molecule has 3 heteroatoms. The first-order chi connectivity index (χ1) is 16.2. The van der Waals surface area contributed by atoms with Crippen LogP contribution < -0.4 is 0 Å². The van der Waals surface area contributed by atoms with Crippen LogP contribution >= 0.6 is 0 Å². The van der Waals surface area contributed by atoms with Crippen molar-refractivity contribution in [3.63, 3.8) is 0 Å². The molecule has 4 aromatic carbocycles. The molecule has 0 aliphatic heterocycles. The van der Waals surface area contributed by atoms with Crippen molar-refractivity contribution in [3.8, 4) is 0 Å². The van der Waals surface area contributed by atoms with Crippen LogP contribution in [0.1, 0.15) is 31.8 Å². The van der Waals surface area contributed by atoms with Crippen LogP contribution in [0.15, 0.2) is 133 Å². The van der Waals surface area contributed by atoms with Crippen LogP contribution in [-0.2, 0) is 0 Å². The van der Waals surface area contributed by atoms with E-state index in [9.17, 15) is 9.59 Å². The van der Waals surface area contributed by atoms with Crippen LogP contribution in [0.4, 0.5) is 0 Å². The number of benzene rings is 4. The molecule has 0 aliphatic carbocycles. The van der Waals surface area contributed by atoms with Crippen molar-refractivity contribution in [2.45, 2.75) is 0 Å². The van der Waals surface area contributed by atoms with Gasteiger partial charge < -0.3 is 0 Å². The molecular formula is C30H22O2Se. The second kappa shape index (κ2) is 11.2. The van der Waals surface area contributed by atoms with E-state index in [1.807, 2.05) is 121 Å². The predicted molar refractivity (Wildman–Crippen MR) is 136 cm³/mol. The Hall–Kier alpha value is -3.78. The number of ketones is 2. The van der Waals surface area contributed by atoms with Gasteiger partial charge in [-0.05, 0) is 0 Å². The average molecular weight is 493 g/mol. The van der Waals surface area contributed by atoms with Crippen LogP contribution in [0.3, 0.4) is 0 Å². The number of carbonyl (C=O) groups excluding carboxylic acids is 2. The number of hydrogen-bond donors (Lipinski definition) is 0. The first-order valence-corrected chi connectivity index (χ1v) is 12.3. The fraction of sp³-hybridized carbons (Fsp3) is 0. The molecule has 2 nitrogen and oxygen atoms in total. The van der Waals surface area contributed by atoms with Crippen molar-refractivity contribution >= 4 is 35.5 Å².